The smallest absolute Gasteiger partial charge is 0.0431 e. The molecule has 2 nitrogen and oxygen atoms in total. The van der Waals surface area contributed by atoms with Crippen LogP contribution in [-0.2, 0) is 0 Å². The van der Waals surface area contributed by atoms with Gasteiger partial charge in [0.05, 0.1) is 0 Å². The average Bonchev–Trinajstić information content (AvgIpc) is 2.67. The monoisotopic (exact) mass is 211 g/mol. The molecule has 1 aliphatic carbocycles. The molecule has 1 heterocycles. The van der Waals surface area contributed by atoms with Crippen molar-refractivity contribution in [2.45, 2.75) is 44.9 Å². The van der Waals surface area contributed by atoms with E-state index in [2.05, 4.69) is 4.90 Å². The van der Waals surface area contributed by atoms with Crippen LogP contribution in [0.15, 0.2) is 0 Å². The predicted molar refractivity (Wildman–Crippen MR) is 62.8 cm³/mol. The lowest BCUT2D eigenvalue weighted by molar-refractivity contribution is 0.270. The molecule has 2 rings (SSSR count). The quantitative estimate of drug-likeness (QED) is 0.705. The molecule has 1 N–H and O–H groups in total. The van der Waals surface area contributed by atoms with Crippen LogP contribution in [-0.4, -0.2) is 36.2 Å². The van der Waals surface area contributed by atoms with E-state index < -0.39 is 0 Å². The molecule has 1 aliphatic heterocycles. The minimum Gasteiger partial charge on any atom is -0.396 e. The lowest BCUT2D eigenvalue weighted by Crippen LogP contribution is -2.22. The fraction of sp³-hybridized carbons (Fsp3) is 1.00. The second-order valence-corrected chi connectivity index (χ2v) is 5.35. The summed E-state index contributed by atoms with van der Waals surface area (Å²) in [6, 6.07) is 0. The topological polar surface area (TPSA) is 23.5 Å². The second-order valence-electron chi connectivity index (χ2n) is 5.35. The number of hydrogen-bond donors (Lipinski definition) is 1. The summed E-state index contributed by atoms with van der Waals surface area (Å²) in [5.74, 6) is 2.05. The summed E-state index contributed by atoms with van der Waals surface area (Å²) in [6.45, 7) is 4.37. The van der Waals surface area contributed by atoms with E-state index in [0.29, 0.717) is 6.61 Å². The standard InChI is InChI=1S/C13H25NO/c15-9-5-1-4-8-14-10-12-6-2-3-7-13(12)11-14/h12-13,15H,1-11H2. The first-order valence-corrected chi connectivity index (χ1v) is 6.73. The molecule has 88 valence electrons. The van der Waals surface area contributed by atoms with E-state index in [-0.39, 0.29) is 0 Å². The Morgan fingerprint density at radius 3 is 2.20 bits per heavy atom. The number of hydrogen-bond acceptors (Lipinski definition) is 2. The van der Waals surface area contributed by atoms with E-state index in [1.165, 1.54) is 58.2 Å². The molecule has 2 heteroatoms. The Morgan fingerprint density at radius 2 is 1.60 bits per heavy atom. The third-order valence-electron chi connectivity index (χ3n) is 4.18. The molecule has 2 fully saturated rings. The van der Waals surface area contributed by atoms with Crippen molar-refractivity contribution in [1.82, 2.24) is 4.90 Å². The Kier molecular flexibility index (Phi) is 4.45. The van der Waals surface area contributed by atoms with Crippen molar-refractivity contribution < 1.29 is 5.11 Å². The van der Waals surface area contributed by atoms with Gasteiger partial charge in [-0.05, 0) is 50.5 Å². The lowest BCUT2D eigenvalue weighted by atomic mass is 9.82. The number of unbranched alkanes of at least 4 members (excludes halogenated alkanes) is 2. The Bertz CT molecular complexity index is 169. The van der Waals surface area contributed by atoms with Gasteiger partial charge in [0.2, 0.25) is 0 Å². The molecule has 0 aromatic carbocycles. The molecule has 0 radical (unpaired) electrons. The summed E-state index contributed by atoms with van der Waals surface area (Å²) in [6.07, 6.45) is 9.37. The zero-order chi connectivity index (χ0) is 10.5. The highest BCUT2D eigenvalue weighted by Crippen LogP contribution is 2.35. The Morgan fingerprint density at radius 1 is 0.933 bits per heavy atom. The molecule has 0 amide bonds. The zero-order valence-corrected chi connectivity index (χ0v) is 9.83. The summed E-state index contributed by atoms with van der Waals surface area (Å²) < 4.78 is 0. The first-order valence-electron chi connectivity index (χ1n) is 6.73. The molecule has 1 saturated heterocycles. The van der Waals surface area contributed by atoms with E-state index in [1.807, 2.05) is 0 Å². The molecular weight excluding hydrogens is 186 g/mol. The Hall–Kier alpha value is -0.0800. The second kappa shape index (κ2) is 5.86. The van der Waals surface area contributed by atoms with Crippen LogP contribution < -0.4 is 0 Å². The highest BCUT2D eigenvalue weighted by Gasteiger charge is 2.33. The van der Waals surface area contributed by atoms with Crippen molar-refractivity contribution in [2.24, 2.45) is 11.8 Å². The first-order chi connectivity index (χ1) is 7.40. The SMILES string of the molecule is OCCCCCN1CC2CCCCC2C1. The van der Waals surface area contributed by atoms with Crippen LogP contribution in [0.1, 0.15) is 44.9 Å². The van der Waals surface area contributed by atoms with Crippen LogP contribution in [0.3, 0.4) is 0 Å². The lowest BCUT2D eigenvalue weighted by Gasteiger charge is -2.23. The number of likely N-dealkylation sites (tertiary alicyclic amines) is 1. The van der Waals surface area contributed by atoms with Gasteiger partial charge in [0.15, 0.2) is 0 Å². The van der Waals surface area contributed by atoms with Crippen LogP contribution in [0, 0.1) is 11.8 Å². The van der Waals surface area contributed by atoms with E-state index in [0.717, 1.165) is 18.3 Å². The highest BCUT2D eigenvalue weighted by atomic mass is 16.2. The van der Waals surface area contributed by atoms with Crippen LogP contribution in [0.5, 0.6) is 0 Å². The van der Waals surface area contributed by atoms with Crippen LogP contribution in [0.25, 0.3) is 0 Å². The molecule has 15 heavy (non-hydrogen) atoms. The van der Waals surface area contributed by atoms with Gasteiger partial charge in [-0.3, -0.25) is 0 Å². The molecule has 0 bridgehead atoms. The molecular formula is C13H25NO. The van der Waals surface area contributed by atoms with Crippen molar-refractivity contribution in [1.29, 1.82) is 0 Å². The maximum Gasteiger partial charge on any atom is 0.0431 e. The van der Waals surface area contributed by atoms with E-state index in [4.69, 9.17) is 5.11 Å². The number of nitrogens with zero attached hydrogens (tertiary/aromatic N) is 1. The highest BCUT2D eigenvalue weighted by molar-refractivity contribution is 4.86. The minimum atomic E-state index is 0.366. The summed E-state index contributed by atoms with van der Waals surface area (Å²) in [4.78, 5) is 2.66. The van der Waals surface area contributed by atoms with Gasteiger partial charge in [-0.1, -0.05) is 12.8 Å². The summed E-state index contributed by atoms with van der Waals surface area (Å²) in [5.41, 5.74) is 0. The molecule has 2 atom stereocenters. The number of aliphatic hydroxyl groups is 1. The van der Waals surface area contributed by atoms with Crippen LogP contribution >= 0.6 is 0 Å². The predicted octanol–water partition coefficient (Wildman–Crippen LogP) is 2.27. The van der Waals surface area contributed by atoms with E-state index >= 15 is 0 Å². The fourth-order valence-electron chi connectivity index (χ4n) is 3.31. The Balaban J connectivity index is 1.63. The minimum absolute atomic E-state index is 0.366. The van der Waals surface area contributed by atoms with Crippen LogP contribution in [0.4, 0.5) is 0 Å². The first kappa shape index (κ1) is 11.4. The summed E-state index contributed by atoms with van der Waals surface area (Å²) in [5, 5.41) is 8.71. The maximum atomic E-state index is 8.71. The van der Waals surface area contributed by atoms with Gasteiger partial charge < -0.3 is 10.0 Å². The van der Waals surface area contributed by atoms with Crippen molar-refractivity contribution in [2.75, 3.05) is 26.2 Å². The van der Waals surface area contributed by atoms with Gasteiger partial charge in [0.25, 0.3) is 0 Å². The number of fused-ring (bicyclic) bond motifs is 1. The van der Waals surface area contributed by atoms with Gasteiger partial charge in [-0.2, -0.15) is 0 Å². The van der Waals surface area contributed by atoms with Gasteiger partial charge >= 0.3 is 0 Å². The van der Waals surface area contributed by atoms with E-state index in [9.17, 15) is 0 Å². The van der Waals surface area contributed by atoms with Gasteiger partial charge in [-0.15, -0.1) is 0 Å². The molecule has 0 aromatic heterocycles. The van der Waals surface area contributed by atoms with Gasteiger partial charge in [0.1, 0.15) is 0 Å². The average molecular weight is 211 g/mol. The third-order valence-corrected chi connectivity index (χ3v) is 4.18. The molecule has 0 aromatic rings. The number of rotatable bonds is 5. The van der Waals surface area contributed by atoms with Crippen molar-refractivity contribution >= 4 is 0 Å². The Labute approximate surface area is 93.7 Å². The fourth-order valence-corrected chi connectivity index (χ4v) is 3.31. The molecule has 1 saturated carbocycles. The van der Waals surface area contributed by atoms with Crippen molar-refractivity contribution in [3.63, 3.8) is 0 Å². The van der Waals surface area contributed by atoms with Crippen LogP contribution in [0.2, 0.25) is 0 Å². The summed E-state index contributed by atoms with van der Waals surface area (Å²) >= 11 is 0. The molecule has 2 unspecified atom stereocenters. The van der Waals surface area contributed by atoms with Crippen molar-refractivity contribution in [3.05, 3.63) is 0 Å². The number of aliphatic hydroxyl groups excluding tert-OH is 1. The normalized spacial score (nSPS) is 31.8. The van der Waals surface area contributed by atoms with E-state index in [1.54, 1.807) is 0 Å². The molecule has 0 spiro atoms. The largest absolute Gasteiger partial charge is 0.396 e. The van der Waals surface area contributed by atoms with Crippen molar-refractivity contribution in [3.8, 4) is 0 Å². The molecule has 2 aliphatic rings. The maximum absolute atomic E-state index is 8.71. The third kappa shape index (κ3) is 3.18. The van der Waals surface area contributed by atoms with Gasteiger partial charge in [-0.25, -0.2) is 0 Å². The van der Waals surface area contributed by atoms with Gasteiger partial charge in [0, 0.05) is 19.7 Å². The zero-order valence-electron chi connectivity index (χ0n) is 9.83. The summed E-state index contributed by atoms with van der Waals surface area (Å²) in [7, 11) is 0.